The summed E-state index contributed by atoms with van der Waals surface area (Å²) in [6, 6.07) is 5.32. The highest BCUT2D eigenvalue weighted by atomic mass is 16.4. The Hall–Kier alpha value is -2.59. The molecular formula is C18H21N3O6. The van der Waals surface area contributed by atoms with Crippen molar-refractivity contribution in [2.75, 3.05) is 6.61 Å². The summed E-state index contributed by atoms with van der Waals surface area (Å²) in [5, 5.41) is 39.5. The Labute approximate surface area is 153 Å². The van der Waals surface area contributed by atoms with Crippen LogP contribution in [0.2, 0.25) is 0 Å². The quantitative estimate of drug-likeness (QED) is 0.355. The summed E-state index contributed by atoms with van der Waals surface area (Å²) < 4.78 is 1.46. The fourth-order valence-electron chi connectivity index (χ4n) is 3.07. The van der Waals surface area contributed by atoms with Gasteiger partial charge in [0.1, 0.15) is 18.3 Å². The van der Waals surface area contributed by atoms with Gasteiger partial charge in [0.25, 0.3) is 5.56 Å². The average molecular weight is 375 g/mol. The van der Waals surface area contributed by atoms with Crippen LogP contribution >= 0.6 is 0 Å². The molecule has 5 N–H and O–H groups in total. The predicted octanol–water partition coefficient (Wildman–Crippen LogP) is -1.12. The number of aromatic nitrogens is 3. The van der Waals surface area contributed by atoms with Gasteiger partial charge in [0.15, 0.2) is 5.82 Å². The molecule has 0 radical (unpaired) electrons. The lowest BCUT2D eigenvalue weighted by molar-refractivity contribution is -0.0802. The van der Waals surface area contributed by atoms with Crippen molar-refractivity contribution in [3.8, 4) is 11.4 Å². The molecular weight excluding hydrogens is 354 g/mol. The highest BCUT2D eigenvalue weighted by molar-refractivity contribution is 5.86. The van der Waals surface area contributed by atoms with E-state index in [0.29, 0.717) is 10.9 Å². The van der Waals surface area contributed by atoms with Crippen molar-refractivity contribution in [2.24, 2.45) is 0 Å². The fourth-order valence-corrected chi connectivity index (χ4v) is 3.07. The second-order valence-electron chi connectivity index (χ2n) is 6.67. The Balaban J connectivity index is 2.28. The molecule has 9 heteroatoms. The molecule has 0 aromatic heterocycles. The second kappa shape index (κ2) is 7.20. The maximum Gasteiger partial charge on any atom is 0.349 e. The first kappa shape index (κ1) is 19.2. The molecule has 1 aromatic rings. The largest absolute Gasteiger partial charge is 0.394 e. The second-order valence-corrected chi connectivity index (χ2v) is 6.67. The van der Waals surface area contributed by atoms with Crippen LogP contribution in [0.25, 0.3) is 22.3 Å². The van der Waals surface area contributed by atoms with E-state index in [1.807, 2.05) is 26.0 Å². The zero-order valence-corrected chi connectivity index (χ0v) is 14.9. The third-order valence-electron chi connectivity index (χ3n) is 4.75. The van der Waals surface area contributed by atoms with Crippen LogP contribution in [0.3, 0.4) is 0 Å². The number of benzene rings is 1. The molecule has 0 saturated heterocycles. The lowest BCUT2D eigenvalue weighted by Gasteiger charge is -2.25. The molecule has 3 atom stereocenters. The summed E-state index contributed by atoms with van der Waals surface area (Å²) in [5.74, 6) is 0.0595. The minimum absolute atomic E-state index is 0.0595. The molecule has 0 bridgehead atoms. The van der Waals surface area contributed by atoms with Gasteiger partial charge in [-0.2, -0.15) is 4.98 Å². The molecule has 0 amide bonds. The number of hydrogen-bond acceptors (Lipinski definition) is 7. The van der Waals surface area contributed by atoms with Gasteiger partial charge < -0.3 is 25.0 Å². The summed E-state index contributed by atoms with van der Waals surface area (Å²) in [7, 11) is 0. The van der Waals surface area contributed by atoms with Crippen LogP contribution < -0.4 is 11.2 Å². The maximum atomic E-state index is 12.2. The number of H-pyrrole nitrogens is 1. The monoisotopic (exact) mass is 375 g/mol. The number of pyridine rings is 1. The molecule has 3 rings (SSSR count). The first-order chi connectivity index (χ1) is 12.7. The summed E-state index contributed by atoms with van der Waals surface area (Å²) in [6.45, 7) is 2.85. The van der Waals surface area contributed by atoms with E-state index in [-0.39, 0.29) is 17.9 Å². The standard InChI is InChI=1S/C18H21N3O6/c1-8-3-10-5-11-16(19-18(27)20-17(11)26)21(12(10)4-9(8)2)6-13(23)15(25)14(24)7-22/h3-5,13-15,22-25H,6-7H2,1-2H3,(H,20,26,27)/t13-,14-,15+/m1/s1. The molecule has 0 aliphatic carbocycles. The van der Waals surface area contributed by atoms with E-state index in [2.05, 4.69) is 9.97 Å². The molecule has 9 nitrogen and oxygen atoms in total. The zero-order valence-electron chi connectivity index (χ0n) is 14.9. The van der Waals surface area contributed by atoms with Gasteiger partial charge in [-0.05, 0) is 48.6 Å². The van der Waals surface area contributed by atoms with Crippen molar-refractivity contribution < 1.29 is 20.4 Å². The molecule has 0 saturated carbocycles. The average Bonchev–Trinajstić information content (AvgIpc) is 2.62. The minimum Gasteiger partial charge on any atom is -0.394 e. The van der Waals surface area contributed by atoms with E-state index in [1.165, 1.54) is 4.57 Å². The Morgan fingerprint density at radius 3 is 2.41 bits per heavy atom. The van der Waals surface area contributed by atoms with Gasteiger partial charge in [0.2, 0.25) is 0 Å². The molecule has 144 valence electrons. The number of aromatic amines is 1. The molecule has 2 aliphatic rings. The number of aryl methyl sites for hydroxylation is 2. The van der Waals surface area contributed by atoms with Gasteiger partial charge in [0, 0.05) is 0 Å². The van der Waals surface area contributed by atoms with E-state index >= 15 is 0 Å². The summed E-state index contributed by atoms with van der Waals surface area (Å²) in [4.78, 5) is 29.9. The molecule has 2 heterocycles. The number of aliphatic hydroxyl groups excluding tert-OH is 4. The van der Waals surface area contributed by atoms with E-state index < -0.39 is 36.2 Å². The Kier molecular flexibility index (Phi) is 5.11. The zero-order chi connectivity index (χ0) is 19.9. The van der Waals surface area contributed by atoms with Gasteiger partial charge >= 0.3 is 5.69 Å². The van der Waals surface area contributed by atoms with Crippen molar-refractivity contribution >= 4 is 10.9 Å². The Bertz CT molecular complexity index is 1070. The van der Waals surface area contributed by atoms with Crippen molar-refractivity contribution in [1.29, 1.82) is 0 Å². The van der Waals surface area contributed by atoms with Crippen LogP contribution in [0.15, 0.2) is 27.8 Å². The Morgan fingerprint density at radius 2 is 1.74 bits per heavy atom. The number of aliphatic hydroxyl groups is 4. The summed E-state index contributed by atoms with van der Waals surface area (Å²) >= 11 is 0. The molecule has 0 unspecified atom stereocenters. The van der Waals surface area contributed by atoms with E-state index in [9.17, 15) is 24.9 Å². The Morgan fingerprint density at radius 1 is 1.07 bits per heavy atom. The van der Waals surface area contributed by atoms with Crippen LogP contribution in [-0.2, 0) is 6.54 Å². The molecule has 27 heavy (non-hydrogen) atoms. The first-order valence-corrected chi connectivity index (χ1v) is 8.42. The van der Waals surface area contributed by atoms with E-state index in [4.69, 9.17) is 5.11 Å². The molecule has 1 aromatic carbocycles. The van der Waals surface area contributed by atoms with Gasteiger partial charge in [-0.25, -0.2) is 4.79 Å². The third-order valence-corrected chi connectivity index (χ3v) is 4.75. The molecule has 0 spiro atoms. The normalized spacial score (nSPS) is 15.2. The highest BCUT2D eigenvalue weighted by Gasteiger charge is 2.27. The lowest BCUT2D eigenvalue weighted by atomic mass is 10.0. The first-order valence-electron chi connectivity index (χ1n) is 8.42. The highest BCUT2D eigenvalue weighted by Crippen LogP contribution is 2.27. The lowest BCUT2D eigenvalue weighted by Crippen LogP contribution is -2.42. The predicted molar refractivity (Wildman–Crippen MR) is 97.8 cm³/mol. The van der Waals surface area contributed by atoms with Crippen molar-refractivity contribution in [3.63, 3.8) is 0 Å². The van der Waals surface area contributed by atoms with Crippen molar-refractivity contribution in [1.82, 2.24) is 14.5 Å². The van der Waals surface area contributed by atoms with E-state index in [0.717, 1.165) is 11.1 Å². The third kappa shape index (κ3) is 3.50. The van der Waals surface area contributed by atoms with Gasteiger partial charge in [-0.1, -0.05) is 0 Å². The number of rotatable bonds is 5. The van der Waals surface area contributed by atoms with Gasteiger partial charge in [-0.15, -0.1) is 0 Å². The number of fused-ring (bicyclic) bond motifs is 2. The minimum atomic E-state index is -1.62. The summed E-state index contributed by atoms with van der Waals surface area (Å²) in [5.41, 5.74) is 1.28. The number of nitrogens with zero attached hydrogens (tertiary/aromatic N) is 2. The molecule has 2 aliphatic heterocycles. The number of nitrogens with one attached hydrogen (secondary N) is 1. The van der Waals surface area contributed by atoms with Crippen LogP contribution in [0.4, 0.5) is 0 Å². The topological polar surface area (TPSA) is 149 Å². The number of hydrogen-bond donors (Lipinski definition) is 5. The van der Waals surface area contributed by atoms with Crippen LogP contribution in [0.5, 0.6) is 0 Å². The van der Waals surface area contributed by atoms with Crippen LogP contribution in [-0.4, -0.2) is 59.9 Å². The SMILES string of the molecule is Cc1cc2cc3c(=O)[nH]c(=O)nc-3n(C[C@@H](O)[C@H](O)[C@H](O)CO)c2cc1C. The smallest absolute Gasteiger partial charge is 0.349 e. The molecule has 0 fully saturated rings. The van der Waals surface area contributed by atoms with Crippen LogP contribution in [0.1, 0.15) is 11.1 Å². The van der Waals surface area contributed by atoms with Gasteiger partial charge in [-0.3, -0.25) is 9.78 Å². The van der Waals surface area contributed by atoms with Crippen molar-refractivity contribution in [3.05, 3.63) is 50.2 Å². The summed E-state index contributed by atoms with van der Waals surface area (Å²) in [6.07, 6.45) is -4.62. The van der Waals surface area contributed by atoms with Crippen molar-refractivity contribution in [2.45, 2.75) is 38.7 Å². The van der Waals surface area contributed by atoms with Crippen LogP contribution in [0, 0.1) is 13.8 Å². The van der Waals surface area contributed by atoms with E-state index in [1.54, 1.807) is 6.07 Å². The van der Waals surface area contributed by atoms with Gasteiger partial charge in [0.05, 0.1) is 24.2 Å². The maximum absolute atomic E-state index is 12.2. The fraction of sp³-hybridized carbons (Fsp3) is 0.389.